The van der Waals surface area contributed by atoms with E-state index in [2.05, 4.69) is 27.7 Å². The van der Waals surface area contributed by atoms with Gasteiger partial charge in [-0.2, -0.15) is 4.89 Å². The van der Waals surface area contributed by atoms with Gasteiger partial charge in [-0.15, -0.1) is 0 Å². The molecule has 1 aliphatic heterocycles. The van der Waals surface area contributed by atoms with E-state index in [0.717, 1.165) is 0 Å². The first kappa shape index (κ1) is 10.4. The SMILES string of the molecule is CC1(C)CCCC(C)(C)C12COOO2. The number of hydrogen-bond donors (Lipinski definition) is 0. The fourth-order valence-corrected chi connectivity index (χ4v) is 3.12. The van der Waals surface area contributed by atoms with Gasteiger partial charge in [0.1, 0.15) is 12.2 Å². The molecule has 0 N–H and O–H groups in total. The molecular formula is C11H20O3. The van der Waals surface area contributed by atoms with Crippen LogP contribution in [0.15, 0.2) is 0 Å². The van der Waals surface area contributed by atoms with Gasteiger partial charge in [-0.3, -0.25) is 0 Å². The van der Waals surface area contributed by atoms with Crippen molar-refractivity contribution in [3.8, 4) is 0 Å². The van der Waals surface area contributed by atoms with Crippen molar-refractivity contribution in [3.05, 3.63) is 0 Å². The average molecular weight is 200 g/mol. The lowest BCUT2D eigenvalue weighted by atomic mass is 9.54. The van der Waals surface area contributed by atoms with Gasteiger partial charge in [-0.05, 0) is 12.8 Å². The summed E-state index contributed by atoms with van der Waals surface area (Å²) < 4.78 is 0. The minimum absolute atomic E-state index is 0.116. The van der Waals surface area contributed by atoms with Crippen molar-refractivity contribution >= 4 is 0 Å². The van der Waals surface area contributed by atoms with Crippen LogP contribution in [0.1, 0.15) is 47.0 Å². The summed E-state index contributed by atoms with van der Waals surface area (Å²) in [6.45, 7) is 9.52. The first-order valence-corrected chi connectivity index (χ1v) is 5.39. The highest BCUT2D eigenvalue weighted by Crippen LogP contribution is 2.57. The average Bonchev–Trinajstić information content (AvgIpc) is 2.50. The maximum absolute atomic E-state index is 5.49. The van der Waals surface area contributed by atoms with Gasteiger partial charge in [-0.1, -0.05) is 39.2 Å². The molecule has 0 radical (unpaired) electrons. The quantitative estimate of drug-likeness (QED) is 0.563. The lowest BCUT2D eigenvalue weighted by molar-refractivity contribution is -0.484. The molecule has 14 heavy (non-hydrogen) atoms. The van der Waals surface area contributed by atoms with Gasteiger partial charge >= 0.3 is 0 Å². The summed E-state index contributed by atoms with van der Waals surface area (Å²) in [5.41, 5.74) is -0.0469. The van der Waals surface area contributed by atoms with Crippen LogP contribution in [0.25, 0.3) is 0 Å². The Morgan fingerprint density at radius 1 is 0.929 bits per heavy atom. The van der Waals surface area contributed by atoms with Gasteiger partial charge < -0.3 is 0 Å². The van der Waals surface area contributed by atoms with Crippen LogP contribution >= 0.6 is 0 Å². The molecule has 1 spiro atoms. The largest absolute Gasteiger partial charge is 0.203 e. The van der Waals surface area contributed by atoms with E-state index in [9.17, 15) is 0 Å². The predicted molar refractivity (Wildman–Crippen MR) is 52.3 cm³/mol. The third-order valence-electron chi connectivity index (χ3n) is 4.28. The minimum atomic E-state index is -0.280. The monoisotopic (exact) mass is 200 g/mol. The Hall–Kier alpha value is -0.120. The topological polar surface area (TPSA) is 27.7 Å². The van der Waals surface area contributed by atoms with Crippen LogP contribution in [0.4, 0.5) is 0 Å². The highest BCUT2D eigenvalue weighted by atomic mass is 17.5. The fourth-order valence-electron chi connectivity index (χ4n) is 3.12. The van der Waals surface area contributed by atoms with Gasteiger partial charge in [0.2, 0.25) is 0 Å². The van der Waals surface area contributed by atoms with Gasteiger partial charge in [0.15, 0.2) is 0 Å². The lowest BCUT2D eigenvalue weighted by Crippen LogP contribution is -2.59. The van der Waals surface area contributed by atoms with Crippen LogP contribution in [-0.4, -0.2) is 12.2 Å². The smallest absolute Gasteiger partial charge is 0.143 e. The van der Waals surface area contributed by atoms with Crippen molar-refractivity contribution in [2.45, 2.75) is 52.6 Å². The zero-order chi connectivity index (χ0) is 10.4. The maximum Gasteiger partial charge on any atom is 0.143 e. The highest BCUT2D eigenvalue weighted by Gasteiger charge is 2.62. The number of rotatable bonds is 0. The Morgan fingerprint density at radius 2 is 1.50 bits per heavy atom. The summed E-state index contributed by atoms with van der Waals surface area (Å²) in [7, 11) is 0. The van der Waals surface area contributed by atoms with E-state index < -0.39 is 0 Å². The van der Waals surface area contributed by atoms with Gasteiger partial charge in [0.05, 0.1) is 0 Å². The van der Waals surface area contributed by atoms with Gasteiger partial charge in [0.25, 0.3) is 0 Å². The van der Waals surface area contributed by atoms with Crippen LogP contribution < -0.4 is 0 Å². The molecule has 82 valence electrons. The molecule has 2 fully saturated rings. The first-order valence-electron chi connectivity index (χ1n) is 5.39. The molecular weight excluding hydrogens is 180 g/mol. The van der Waals surface area contributed by atoms with Crippen molar-refractivity contribution < 1.29 is 14.8 Å². The van der Waals surface area contributed by atoms with E-state index in [-0.39, 0.29) is 16.4 Å². The summed E-state index contributed by atoms with van der Waals surface area (Å²) in [5, 5.41) is 4.71. The molecule has 0 unspecified atom stereocenters. The summed E-state index contributed by atoms with van der Waals surface area (Å²) in [6.07, 6.45) is 3.59. The Labute approximate surface area is 85.6 Å². The van der Waals surface area contributed by atoms with Crippen LogP contribution in [0.2, 0.25) is 0 Å². The van der Waals surface area contributed by atoms with E-state index in [1.807, 2.05) is 0 Å². The van der Waals surface area contributed by atoms with Crippen LogP contribution in [0, 0.1) is 10.8 Å². The normalized spacial score (nSPS) is 33.4. The van der Waals surface area contributed by atoms with Crippen molar-refractivity contribution in [2.24, 2.45) is 10.8 Å². The Kier molecular flexibility index (Phi) is 2.18. The van der Waals surface area contributed by atoms with E-state index in [1.54, 1.807) is 0 Å². The third-order valence-corrected chi connectivity index (χ3v) is 4.28. The molecule has 0 amide bonds. The molecule has 0 aromatic heterocycles. The number of hydrogen-bond acceptors (Lipinski definition) is 3. The zero-order valence-corrected chi connectivity index (χ0v) is 9.55. The summed E-state index contributed by atoms with van der Waals surface area (Å²) in [5.74, 6) is 0. The molecule has 0 atom stereocenters. The van der Waals surface area contributed by atoms with Crippen LogP contribution in [0.5, 0.6) is 0 Å². The molecule has 1 aliphatic carbocycles. The highest BCUT2D eigenvalue weighted by molar-refractivity contribution is 5.07. The Morgan fingerprint density at radius 3 is 1.93 bits per heavy atom. The first-order chi connectivity index (χ1) is 6.41. The molecule has 0 aromatic carbocycles. The van der Waals surface area contributed by atoms with Crippen LogP contribution in [0.3, 0.4) is 0 Å². The van der Waals surface area contributed by atoms with Crippen molar-refractivity contribution in [2.75, 3.05) is 6.61 Å². The second-order valence-corrected chi connectivity index (χ2v) is 5.86. The molecule has 1 saturated heterocycles. The zero-order valence-electron chi connectivity index (χ0n) is 9.55. The van der Waals surface area contributed by atoms with E-state index in [0.29, 0.717) is 6.61 Å². The summed E-state index contributed by atoms with van der Waals surface area (Å²) in [6, 6.07) is 0. The molecule has 0 bridgehead atoms. The second-order valence-electron chi connectivity index (χ2n) is 5.86. The Balaban J connectivity index is 2.38. The molecule has 0 aromatic rings. The predicted octanol–water partition coefficient (Wildman–Crippen LogP) is 2.85. The van der Waals surface area contributed by atoms with Gasteiger partial charge in [0, 0.05) is 10.8 Å². The van der Waals surface area contributed by atoms with Crippen molar-refractivity contribution in [1.29, 1.82) is 0 Å². The van der Waals surface area contributed by atoms with E-state index >= 15 is 0 Å². The summed E-state index contributed by atoms with van der Waals surface area (Å²) >= 11 is 0. The molecule has 1 saturated carbocycles. The second kappa shape index (κ2) is 2.94. The van der Waals surface area contributed by atoms with Crippen molar-refractivity contribution in [3.63, 3.8) is 0 Å². The van der Waals surface area contributed by atoms with E-state index in [4.69, 9.17) is 14.8 Å². The van der Waals surface area contributed by atoms with Gasteiger partial charge in [-0.25, -0.2) is 4.89 Å². The molecule has 3 heteroatoms. The standard InChI is InChI=1S/C11H20O3/c1-9(2)6-5-7-10(3,4)11(9)8-12-14-13-11/h5-8H2,1-4H3. The molecule has 2 rings (SSSR count). The van der Waals surface area contributed by atoms with E-state index in [1.165, 1.54) is 19.3 Å². The maximum atomic E-state index is 5.49. The molecule has 2 aliphatic rings. The van der Waals surface area contributed by atoms with Crippen molar-refractivity contribution in [1.82, 2.24) is 0 Å². The molecule has 3 nitrogen and oxygen atoms in total. The third kappa shape index (κ3) is 1.16. The molecule has 1 heterocycles. The fraction of sp³-hybridized carbons (Fsp3) is 1.00. The van der Waals surface area contributed by atoms with Crippen LogP contribution in [-0.2, 0) is 14.8 Å². The minimum Gasteiger partial charge on any atom is -0.203 e. The summed E-state index contributed by atoms with van der Waals surface area (Å²) in [4.78, 5) is 10.5. The Bertz CT molecular complexity index is 209. The lowest BCUT2D eigenvalue weighted by Gasteiger charge is -2.53.